The smallest absolute Gasteiger partial charge is 0.328 e. The highest BCUT2D eigenvalue weighted by molar-refractivity contribution is 5.94. The first-order chi connectivity index (χ1) is 16.1. The molecule has 1 heterocycles. The minimum absolute atomic E-state index is 0.0549. The molecule has 13 N–H and O–H groups in total. The molecule has 0 aliphatic rings. The van der Waals surface area contributed by atoms with Gasteiger partial charge in [-0.25, -0.2) is 9.78 Å². The van der Waals surface area contributed by atoms with E-state index in [4.69, 9.17) is 27.4 Å². The summed E-state index contributed by atoms with van der Waals surface area (Å²) in [7, 11) is 0. The van der Waals surface area contributed by atoms with Crippen LogP contribution < -0.4 is 33.2 Å². The van der Waals surface area contributed by atoms with Gasteiger partial charge in [-0.3, -0.25) is 19.4 Å². The van der Waals surface area contributed by atoms with E-state index in [1.54, 1.807) is 0 Å². The lowest BCUT2D eigenvalue weighted by Gasteiger charge is -2.24. The van der Waals surface area contributed by atoms with Gasteiger partial charge in [0.1, 0.15) is 18.1 Å². The molecule has 0 aromatic carbocycles. The summed E-state index contributed by atoms with van der Waals surface area (Å²) in [6.07, 6.45) is 3.36. The van der Waals surface area contributed by atoms with E-state index in [1.807, 2.05) is 5.32 Å². The lowest BCUT2D eigenvalue weighted by Crippen LogP contribution is -2.58. The van der Waals surface area contributed by atoms with E-state index in [0.29, 0.717) is 5.69 Å². The maximum absolute atomic E-state index is 12.8. The molecule has 1 aromatic rings. The first-order valence-electron chi connectivity index (χ1n) is 10.2. The van der Waals surface area contributed by atoms with Crippen molar-refractivity contribution in [2.75, 3.05) is 19.8 Å². The number of aliphatic hydroxyl groups is 2. The fraction of sp³-hybridized carbons (Fsp3) is 0.556. The quantitative estimate of drug-likeness (QED) is 0.0636. The van der Waals surface area contributed by atoms with Crippen LogP contribution in [0.2, 0.25) is 0 Å². The van der Waals surface area contributed by atoms with Gasteiger partial charge in [0.2, 0.25) is 17.7 Å². The largest absolute Gasteiger partial charge is 0.480 e. The van der Waals surface area contributed by atoms with E-state index in [2.05, 4.69) is 25.6 Å². The number of imidazole rings is 1. The van der Waals surface area contributed by atoms with Crippen LogP contribution in [0.5, 0.6) is 0 Å². The number of carbonyl (C=O) groups is 4. The number of amides is 3. The molecular weight excluding hydrogens is 454 g/mol. The van der Waals surface area contributed by atoms with E-state index in [1.165, 1.54) is 12.5 Å². The Labute approximate surface area is 194 Å². The molecule has 0 saturated heterocycles. The van der Waals surface area contributed by atoms with E-state index >= 15 is 0 Å². The third kappa shape index (κ3) is 9.80. The number of rotatable bonds is 15. The van der Waals surface area contributed by atoms with Crippen molar-refractivity contribution in [1.29, 1.82) is 0 Å². The number of hydrogen-bond donors (Lipinski definition) is 10. The fourth-order valence-electron chi connectivity index (χ4n) is 2.70. The molecule has 0 spiro atoms. The van der Waals surface area contributed by atoms with Crippen molar-refractivity contribution in [3.8, 4) is 0 Å². The second-order valence-electron chi connectivity index (χ2n) is 7.22. The number of aliphatic imine (C=N–C) groups is 1. The average molecular weight is 486 g/mol. The van der Waals surface area contributed by atoms with Gasteiger partial charge in [0.25, 0.3) is 0 Å². The minimum atomic E-state index is -1.63. The maximum Gasteiger partial charge on any atom is 0.328 e. The Morgan fingerprint density at radius 1 is 1.00 bits per heavy atom. The van der Waals surface area contributed by atoms with Gasteiger partial charge in [-0.05, 0) is 12.8 Å². The zero-order valence-corrected chi connectivity index (χ0v) is 18.3. The number of nitrogens with zero attached hydrogens (tertiary/aromatic N) is 2. The summed E-state index contributed by atoms with van der Waals surface area (Å²) in [6.45, 7) is -1.61. The third-order valence-electron chi connectivity index (χ3n) is 4.52. The van der Waals surface area contributed by atoms with Crippen molar-refractivity contribution in [2.45, 2.75) is 43.4 Å². The monoisotopic (exact) mass is 485 g/mol. The molecule has 0 saturated carbocycles. The molecule has 0 bridgehead atoms. The first kappa shape index (κ1) is 28.3. The molecule has 16 heteroatoms. The third-order valence-corrected chi connectivity index (χ3v) is 4.52. The Bertz CT molecular complexity index is 843. The van der Waals surface area contributed by atoms with Gasteiger partial charge in [-0.1, -0.05) is 0 Å². The van der Waals surface area contributed by atoms with Crippen molar-refractivity contribution >= 4 is 29.7 Å². The van der Waals surface area contributed by atoms with E-state index < -0.39 is 61.1 Å². The molecule has 0 aliphatic carbocycles. The van der Waals surface area contributed by atoms with Gasteiger partial charge in [-0.2, -0.15) is 0 Å². The van der Waals surface area contributed by atoms with Crippen LogP contribution in [0, 0.1) is 0 Å². The second-order valence-corrected chi connectivity index (χ2v) is 7.22. The van der Waals surface area contributed by atoms with Crippen LogP contribution in [-0.2, 0) is 25.6 Å². The standard InChI is InChI=1S/C18H31N9O7/c19-10(4-9-5-22-8-24-9)14(30)25-11(2-1-3-23-18(20)21)15(31)26-12(6-28)16(32)27-13(7-29)17(33)34/h5,8,10-13,28-29H,1-4,6-7,19H2,(H,22,24)(H,25,30)(H,26,31)(H,27,32)(H,33,34)(H4,20,21,23). The van der Waals surface area contributed by atoms with Crippen LogP contribution in [0.4, 0.5) is 0 Å². The van der Waals surface area contributed by atoms with Gasteiger partial charge < -0.3 is 53.5 Å². The molecule has 0 aliphatic heterocycles. The number of H-pyrrole nitrogens is 1. The van der Waals surface area contributed by atoms with Gasteiger partial charge in [0, 0.05) is 24.9 Å². The van der Waals surface area contributed by atoms with Gasteiger partial charge in [0.05, 0.1) is 25.6 Å². The Morgan fingerprint density at radius 2 is 1.59 bits per heavy atom. The van der Waals surface area contributed by atoms with Crippen LogP contribution in [0.25, 0.3) is 0 Å². The number of carboxylic acid groups (broad SMARTS) is 1. The zero-order valence-electron chi connectivity index (χ0n) is 18.3. The molecule has 1 aromatic heterocycles. The molecule has 0 radical (unpaired) electrons. The van der Waals surface area contributed by atoms with Crippen molar-refractivity contribution in [1.82, 2.24) is 25.9 Å². The van der Waals surface area contributed by atoms with Gasteiger partial charge in [-0.15, -0.1) is 0 Å². The van der Waals surface area contributed by atoms with Crippen molar-refractivity contribution in [3.05, 3.63) is 18.2 Å². The molecule has 3 amide bonds. The second kappa shape index (κ2) is 14.4. The summed E-state index contributed by atoms with van der Waals surface area (Å²) in [5.74, 6) is -4.20. The Morgan fingerprint density at radius 3 is 2.12 bits per heavy atom. The topological polar surface area (TPSA) is 284 Å². The summed E-state index contributed by atoms with van der Waals surface area (Å²) >= 11 is 0. The van der Waals surface area contributed by atoms with Crippen LogP contribution in [-0.4, -0.2) is 98.9 Å². The number of aromatic nitrogens is 2. The Hall–Kier alpha value is -3.76. The van der Waals surface area contributed by atoms with Crippen LogP contribution in [0.15, 0.2) is 17.5 Å². The van der Waals surface area contributed by atoms with Crippen molar-refractivity contribution < 1.29 is 34.5 Å². The number of nitrogens with one attached hydrogen (secondary N) is 4. The molecule has 4 unspecified atom stereocenters. The van der Waals surface area contributed by atoms with Gasteiger partial charge in [0.15, 0.2) is 5.96 Å². The molecule has 34 heavy (non-hydrogen) atoms. The number of carboxylic acids is 1. The Balaban J connectivity index is 2.86. The van der Waals surface area contributed by atoms with E-state index in [0.717, 1.165) is 0 Å². The van der Waals surface area contributed by atoms with E-state index in [9.17, 15) is 24.3 Å². The van der Waals surface area contributed by atoms with Crippen LogP contribution in [0.1, 0.15) is 18.5 Å². The van der Waals surface area contributed by atoms with E-state index in [-0.39, 0.29) is 31.8 Å². The predicted octanol–water partition coefficient (Wildman–Crippen LogP) is -5.14. The SMILES string of the molecule is NC(N)=NCCCC(NC(=O)C(N)Cc1cnc[nH]1)C(=O)NC(CO)C(=O)NC(CO)C(=O)O. The number of aliphatic carboxylic acids is 1. The molecular formula is C18H31N9O7. The molecule has 4 atom stereocenters. The number of hydrogen-bond acceptors (Lipinski definition) is 9. The Kier molecular flexibility index (Phi) is 12.0. The maximum atomic E-state index is 12.8. The number of nitrogens with two attached hydrogens (primary N) is 3. The van der Waals surface area contributed by atoms with Crippen LogP contribution >= 0.6 is 0 Å². The molecule has 0 fully saturated rings. The first-order valence-corrected chi connectivity index (χ1v) is 10.2. The van der Waals surface area contributed by atoms with Crippen molar-refractivity contribution in [3.63, 3.8) is 0 Å². The number of aromatic amines is 1. The molecule has 190 valence electrons. The van der Waals surface area contributed by atoms with Crippen LogP contribution in [0.3, 0.4) is 0 Å². The number of aliphatic hydroxyl groups excluding tert-OH is 2. The highest BCUT2D eigenvalue weighted by atomic mass is 16.4. The summed E-state index contributed by atoms with van der Waals surface area (Å²) in [5, 5.41) is 34.2. The zero-order chi connectivity index (χ0) is 25.7. The lowest BCUT2D eigenvalue weighted by molar-refractivity contribution is -0.143. The fourth-order valence-corrected chi connectivity index (χ4v) is 2.70. The normalized spacial score (nSPS) is 14.2. The molecule has 16 nitrogen and oxygen atoms in total. The van der Waals surface area contributed by atoms with Crippen molar-refractivity contribution in [2.24, 2.45) is 22.2 Å². The lowest BCUT2D eigenvalue weighted by atomic mass is 10.1. The number of carbonyl (C=O) groups excluding carboxylic acids is 3. The summed E-state index contributed by atoms with van der Waals surface area (Å²) in [5.41, 5.74) is 17.0. The summed E-state index contributed by atoms with van der Waals surface area (Å²) in [6, 6.07) is -5.37. The summed E-state index contributed by atoms with van der Waals surface area (Å²) in [4.78, 5) is 59.0. The highest BCUT2D eigenvalue weighted by Crippen LogP contribution is 2.03. The summed E-state index contributed by atoms with van der Waals surface area (Å²) < 4.78 is 0. The van der Waals surface area contributed by atoms with Gasteiger partial charge >= 0.3 is 5.97 Å². The number of guanidine groups is 1. The minimum Gasteiger partial charge on any atom is -0.480 e. The molecule has 1 rings (SSSR count). The highest BCUT2D eigenvalue weighted by Gasteiger charge is 2.29. The average Bonchev–Trinajstić information content (AvgIpc) is 3.29. The predicted molar refractivity (Wildman–Crippen MR) is 118 cm³/mol.